The molecule has 0 fully saturated rings. The molecular weight excluding hydrogens is 358 g/mol. The lowest BCUT2D eigenvalue weighted by molar-refractivity contribution is -0.131. The highest BCUT2D eigenvalue weighted by molar-refractivity contribution is 5.76. The second kappa shape index (κ2) is 21.9. The maximum atomic E-state index is 12.4. The summed E-state index contributed by atoms with van der Waals surface area (Å²) in [6.45, 7) is 8.47. The van der Waals surface area contributed by atoms with Gasteiger partial charge in [-0.05, 0) is 44.9 Å². The maximum absolute atomic E-state index is 12.4. The minimum atomic E-state index is -0.158. The van der Waals surface area contributed by atoms with E-state index < -0.39 is 0 Å². The van der Waals surface area contributed by atoms with Gasteiger partial charge < -0.3 is 10.0 Å². The molecule has 0 aromatic heterocycles. The summed E-state index contributed by atoms with van der Waals surface area (Å²) in [5.41, 5.74) is 0. The van der Waals surface area contributed by atoms with Gasteiger partial charge >= 0.3 is 0 Å². The number of carbonyl (C=O) groups excluding carboxylic acids is 1. The van der Waals surface area contributed by atoms with Crippen molar-refractivity contribution in [2.24, 2.45) is 0 Å². The van der Waals surface area contributed by atoms with Crippen LogP contribution in [0, 0.1) is 0 Å². The molecule has 0 spiro atoms. The molecule has 0 unspecified atom stereocenters. The number of rotatable bonds is 21. The van der Waals surface area contributed by atoms with Crippen molar-refractivity contribution in [2.75, 3.05) is 13.1 Å². The van der Waals surface area contributed by atoms with Crippen molar-refractivity contribution in [3.05, 3.63) is 12.2 Å². The first kappa shape index (κ1) is 28.2. The van der Waals surface area contributed by atoms with Crippen LogP contribution in [0.3, 0.4) is 0 Å². The van der Waals surface area contributed by atoms with Crippen molar-refractivity contribution in [3.8, 4) is 0 Å². The fraction of sp³-hybridized carbons (Fsp3) is 0.885. The minimum absolute atomic E-state index is 0.158. The molecule has 0 aromatic rings. The molecule has 0 aromatic carbocycles. The standard InChI is InChI=1S/C26H51NO2/c1-4-7-10-17-20-25(28)21-18-15-13-11-12-14-16-19-22-26(29)27(23-8-5-2)24-9-6-3/h15,18,25,28H,4-14,16-17,19-24H2,1-3H3/t25-/m1/s1. The van der Waals surface area contributed by atoms with E-state index in [4.69, 9.17) is 0 Å². The molecule has 172 valence electrons. The van der Waals surface area contributed by atoms with E-state index in [1.165, 1.54) is 44.9 Å². The molecule has 3 nitrogen and oxygen atoms in total. The SMILES string of the molecule is CCCCCC[C@@H](O)CC=CCCCCCCCC(=O)N(CCCC)CCCC. The van der Waals surface area contributed by atoms with Gasteiger partial charge in [-0.2, -0.15) is 0 Å². The zero-order valence-electron chi connectivity index (χ0n) is 20.0. The Morgan fingerprint density at radius 1 is 0.759 bits per heavy atom. The average Bonchev–Trinajstić information content (AvgIpc) is 2.72. The normalized spacial score (nSPS) is 12.6. The first-order valence-corrected chi connectivity index (χ1v) is 12.8. The summed E-state index contributed by atoms with van der Waals surface area (Å²) in [6.07, 6.45) is 23.2. The lowest BCUT2D eigenvalue weighted by Crippen LogP contribution is -2.32. The third kappa shape index (κ3) is 18.9. The molecule has 0 aliphatic carbocycles. The first-order chi connectivity index (χ1) is 14.2. The van der Waals surface area contributed by atoms with Gasteiger partial charge in [-0.25, -0.2) is 0 Å². The molecule has 1 N–H and O–H groups in total. The van der Waals surface area contributed by atoms with Gasteiger partial charge in [-0.1, -0.05) is 90.7 Å². The largest absolute Gasteiger partial charge is 0.393 e. The predicted octanol–water partition coefficient (Wildman–Crippen LogP) is 7.42. The van der Waals surface area contributed by atoms with E-state index in [2.05, 4.69) is 37.8 Å². The number of hydrogen-bond acceptors (Lipinski definition) is 2. The van der Waals surface area contributed by atoms with Crippen LogP contribution < -0.4 is 0 Å². The van der Waals surface area contributed by atoms with Crippen LogP contribution in [0.1, 0.15) is 130 Å². The first-order valence-electron chi connectivity index (χ1n) is 12.8. The topological polar surface area (TPSA) is 40.5 Å². The quantitative estimate of drug-likeness (QED) is 0.158. The molecule has 3 heteroatoms. The second-order valence-corrected chi connectivity index (χ2v) is 8.60. The third-order valence-electron chi connectivity index (χ3n) is 5.64. The number of nitrogens with zero attached hydrogens (tertiary/aromatic N) is 1. The third-order valence-corrected chi connectivity index (χ3v) is 5.64. The Labute approximate surface area is 182 Å². The average molecular weight is 410 g/mol. The molecule has 0 rings (SSSR count). The van der Waals surface area contributed by atoms with Gasteiger partial charge in [0, 0.05) is 19.5 Å². The summed E-state index contributed by atoms with van der Waals surface area (Å²) in [6, 6.07) is 0. The van der Waals surface area contributed by atoms with E-state index in [1.54, 1.807) is 0 Å². The van der Waals surface area contributed by atoms with E-state index in [9.17, 15) is 9.90 Å². The maximum Gasteiger partial charge on any atom is 0.222 e. The Kier molecular flexibility index (Phi) is 21.2. The number of allylic oxidation sites excluding steroid dienone is 1. The van der Waals surface area contributed by atoms with Gasteiger partial charge in [0.15, 0.2) is 0 Å². The molecule has 0 bridgehead atoms. The van der Waals surface area contributed by atoms with Gasteiger partial charge in [0.05, 0.1) is 6.10 Å². The van der Waals surface area contributed by atoms with E-state index in [0.29, 0.717) is 5.91 Å². The van der Waals surface area contributed by atoms with Crippen molar-refractivity contribution in [2.45, 2.75) is 136 Å². The van der Waals surface area contributed by atoms with E-state index in [-0.39, 0.29) is 6.10 Å². The Bertz CT molecular complexity index is 373. The Morgan fingerprint density at radius 2 is 1.34 bits per heavy atom. The smallest absolute Gasteiger partial charge is 0.222 e. The van der Waals surface area contributed by atoms with Crippen LogP contribution in [-0.4, -0.2) is 35.1 Å². The van der Waals surface area contributed by atoms with Gasteiger partial charge in [-0.15, -0.1) is 0 Å². The molecule has 29 heavy (non-hydrogen) atoms. The summed E-state index contributed by atoms with van der Waals surface area (Å²) >= 11 is 0. The van der Waals surface area contributed by atoms with Crippen LogP contribution in [0.15, 0.2) is 12.2 Å². The number of unbranched alkanes of at least 4 members (excludes halogenated alkanes) is 10. The fourth-order valence-electron chi connectivity index (χ4n) is 3.58. The molecule has 0 saturated carbocycles. The Morgan fingerprint density at radius 3 is 2.00 bits per heavy atom. The lowest BCUT2D eigenvalue weighted by atomic mass is 10.1. The van der Waals surface area contributed by atoms with E-state index in [1.807, 2.05) is 0 Å². The number of aliphatic hydroxyl groups is 1. The highest BCUT2D eigenvalue weighted by atomic mass is 16.3. The van der Waals surface area contributed by atoms with Crippen molar-refractivity contribution in [1.82, 2.24) is 4.90 Å². The summed E-state index contributed by atoms with van der Waals surface area (Å²) < 4.78 is 0. The molecule has 1 amide bonds. The van der Waals surface area contributed by atoms with Gasteiger partial charge in [-0.3, -0.25) is 4.79 Å². The summed E-state index contributed by atoms with van der Waals surface area (Å²) in [5, 5.41) is 9.95. The predicted molar refractivity (Wildman–Crippen MR) is 127 cm³/mol. The molecule has 0 radical (unpaired) electrons. The number of hydrogen-bond donors (Lipinski definition) is 1. The molecule has 0 aliphatic rings. The van der Waals surface area contributed by atoms with Crippen LogP contribution in [-0.2, 0) is 4.79 Å². The lowest BCUT2D eigenvalue weighted by Gasteiger charge is -2.22. The molecular formula is C26H51NO2. The van der Waals surface area contributed by atoms with Crippen LogP contribution in [0.25, 0.3) is 0 Å². The highest BCUT2D eigenvalue weighted by Crippen LogP contribution is 2.12. The van der Waals surface area contributed by atoms with Gasteiger partial charge in [0.2, 0.25) is 5.91 Å². The van der Waals surface area contributed by atoms with Gasteiger partial charge in [0.1, 0.15) is 0 Å². The van der Waals surface area contributed by atoms with Gasteiger partial charge in [0.25, 0.3) is 0 Å². The zero-order chi connectivity index (χ0) is 21.6. The van der Waals surface area contributed by atoms with Crippen molar-refractivity contribution < 1.29 is 9.90 Å². The van der Waals surface area contributed by atoms with Crippen LogP contribution in [0.5, 0.6) is 0 Å². The van der Waals surface area contributed by atoms with Crippen molar-refractivity contribution >= 4 is 5.91 Å². The van der Waals surface area contributed by atoms with E-state index in [0.717, 1.165) is 77.3 Å². The molecule has 1 atom stereocenters. The molecule has 0 heterocycles. The second-order valence-electron chi connectivity index (χ2n) is 8.60. The van der Waals surface area contributed by atoms with Crippen LogP contribution >= 0.6 is 0 Å². The monoisotopic (exact) mass is 409 g/mol. The Hall–Kier alpha value is -0.830. The van der Waals surface area contributed by atoms with Crippen LogP contribution in [0.2, 0.25) is 0 Å². The van der Waals surface area contributed by atoms with E-state index >= 15 is 0 Å². The van der Waals surface area contributed by atoms with Crippen molar-refractivity contribution in [1.29, 1.82) is 0 Å². The molecule has 0 aliphatic heterocycles. The summed E-state index contributed by atoms with van der Waals surface area (Å²) in [4.78, 5) is 14.5. The summed E-state index contributed by atoms with van der Waals surface area (Å²) in [5.74, 6) is 0.364. The molecule has 0 saturated heterocycles. The number of carbonyl (C=O) groups is 1. The summed E-state index contributed by atoms with van der Waals surface area (Å²) in [7, 11) is 0. The number of aliphatic hydroxyl groups excluding tert-OH is 1. The zero-order valence-corrected chi connectivity index (χ0v) is 20.0. The highest BCUT2D eigenvalue weighted by Gasteiger charge is 2.11. The minimum Gasteiger partial charge on any atom is -0.393 e. The fourth-order valence-corrected chi connectivity index (χ4v) is 3.58. The Balaban J connectivity index is 3.62. The van der Waals surface area contributed by atoms with Crippen molar-refractivity contribution in [3.63, 3.8) is 0 Å². The van der Waals surface area contributed by atoms with Crippen LogP contribution in [0.4, 0.5) is 0 Å². The number of amides is 1.